The van der Waals surface area contributed by atoms with Crippen LogP contribution < -0.4 is 9.47 Å². The fourth-order valence-electron chi connectivity index (χ4n) is 4.30. The van der Waals surface area contributed by atoms with Crippen molar-refractivity contribution in [3.63, 3.8) is 0 Å². The van der Waals surface area contributed by atoms with Crippen LogP contribution in [0.3, 0.4) is 0 Å². The molecule has 36 heavy (non-hydrogen) atoms. The summed E-state index contributed by atoms with van der Waals surface area (Å²) < 4.78 is 15.7. The molecule has 0 atom stereocenters. The number of carbonyl (C=O) groups excluding carboxylic acids is 3. The first-order valence-electron chi connectivity index (χ1n) is 11.7. The van der Waals surface area contributed by atoms with E-state index in [9.17, 15) is 14.4 Å². The number of ether oxygens (including phenoxy) is 3. The SMILES string of the molecule is COc1ccc(C(Cl)(c2ccc(CCC(=O)OC3C(=O)CCC3=O)cc2)c2ccc(OC)cc2)cc1. The third-order valence-corrected chi connectivity index (χ3v) is 7.05. The topological polar surface area (TPSA) is 78.9 Å². The lowest BCUT2D eigenvalue weighted by Crippen LogP contribution is -2.28. The molecule has 3 aromatic rings. The van der Waals surface area contributed by atoms with Gasteiger partial charge in [-0.05, 0) is 52.9 Å². The largest absolute Gasteiger partial charge is 0.497 e. The predicted octanol–water partition coefficient (Wildman–Crippen LogP) is 5.01. The van der Waals surface area contributed by atoms with E-state index in [1.165, 1.54) is 0 Å². The third-order valence-electron chi connectivity index (χ3n) is 6.40. The Morgan fingerprint density at radius 3 is 1.61 bits per heavy atom. The van der Waals surface area contributed by atoms with Crippen molar-refractivity contribution < 1.29 is 28.6 Å². The summed E-state index contributed by atoms with van der Waals surface area (Å²) in [7, 11) is 3.23. The van der Waals surface area contributed by atoms with Crippen molar-refractivity contribution in [3.8, 4) is 11.5 Å². The number of Topliss-reactive ketones (excluding diaryl/α,β-unsaturated/α-hetero) is 2. The maximum absolute atomic E-state index is 12.2. The maximum Gasteiger partial charge on any atom is 0.307 e. The van der Waals surface area contributed by atoms with Gasteiger partial charge in [-0.15, -0.1) is 11.6 Å². The van der Waals surface area contributed by atoms with E-state index in [0.717, 1.165) is 33.8 Å². The van der Waals surface area contributed by atoms with E-state index in [0.29, 0.717) is 6.42 Å². The molecule has 0 aromatic heterocycles. The van der Waals surface area contributed by atoms with Gasteiger partial charge in [-0.2, -0.15) is 0 Å². The number of benzene rings is 3. The van der Waals surface area contributed by atoms with Gasteiger partial charge < -0.3 is 14.2 Å². The second-order valence-corrected chi connectivity index (χ2v) is 9.18. The molecule has 1 fully saturated rings. The molecule has 6 nitrogen and oxygen atoms in total. The van der Waals surface area contributed by atoms with Gasteiger partial charge in [0.15, 0.2) is 11.6 Å². The minimum absolute atomic E-state index is 0.0688. The Morgan fingerprint density at radius 2 is 1.19 bits per heavy atom. The average molecular weight is 507 g/mol. The molecule has 186 valence electrons. The third kappa shape index (κ3) is 5.29. The second kappa shape index (κ2) is 11.0. The van der Waals surface area contributed by atoms with Crippen molar-refractivity contribution in [2.75, 3.05) is 14.2 Å². The average Bonchev–Trinajstić information content (AvgIpc) is 3.24. The van der Waals surface area contributed by atoms with Crippen LogP contribution in [0.4, 0.5) is 0 Å². The van der Waals surface area contributed by atoms with E-state index < -0.39 is 16.9 Å². The molecule has 4 rings (SSSR count). The van der Waals surface area contributed by atoms with Gasteiger partial charge in [-0.3, -0.25) is 14.4 Å². The molecule has 0 saturated heterocycles. The van der Waals surface area contributed by atoms with E-state index in [1.807, 2.05) is 72.8 Å². The molecule has 0 unspecified atom stereocenters. The van der Waals surface area contributed by atoms with Crippen LogP contribution in [-0.4, -0.2) is 37.9 Å². The summed E-state index contributed by atoms with van der Waals surface area (Å²) in [6.45, 7) is 0. The summed E-state index contributed by atoms with van der Waals surface area (Å²) in [5.74, 6) is 0.253. The Balaban J connectivity index is 1.54. The Kier molecular flexibility index (Phi) is 7.75. The molecule has 0 aliphatic heterocycles. The number of ketones is 2. The number of alkyl halides is 1. The quantitative estimate of drug-likeness (QED) is 0.176. The van der Waals surface area contributed by atoms with Gasteiger partial charge in [0.2, 0.25) is 6.10 Å². The Labute approximate surface area is 215 Å². The number of halogens is 1. The molecule has 1 saturated carbocycles. The number of aryl methyl sites for hydroxylation is 1. The van der Waals surface area contributed by atoms with Crippen LogP contribution in [0.5, 0.6) is 11.5 Å². The fraction of sp³-hybridized carbons (Fsp3) is 0.276. The molecule has 1 aliphatic carbocycles. The molecule has 3 aromatic carbocycles. The molecular weight excluding hydrogens is 480 g/mol. The van der Waals surface area contributed by atoms with E-state index in [1.54, 1.807) is 14.2 Å². The standard InChI is InChI=1S/C29H27ClO6/c1-34-23-12-8-21(9-13-23)29(30,22-10-14-24(35-2)15-11-22)20-6-3-19(4-7-20)5-18-27(33)36-28-25(31)16-17-26(28)32/h3-4,6-15,28H,5,16-18H2,1-2H3. The van der Waals surface area contributed by atoms with Gasteiger partial charge in [-0.25, -0.2) is 0 Å². The molecule has 0 amide bonds. The zero-order valence-electron chi connectivity index (χ0n) is 20.2. The Hall–Kier alpha value is -3.64. The molecule has 7 heteroatoms. The molecule has 1 aliphatic rings. The van der Waals surface area contributed by atoms with Crippen LogP contribution in [0.25, 0.3) is 0 Å². The summed E-state index contributed by atoms with van der Waals surface area (Å²) in [6.07, 6.45) is -0.471. The molecule has 0 heterocycles. The number of esters is 1. The fourth-order valence-corrected chi connectivity index (χ4v) is 4.68. The lowest BCUT2D eigenvalue weighted by atomic mass is 9.83. The van der Waals surface area contributed by atoms with E-state index in [4.69, 9.17) is 25.8 Å². The zero-order chi connectivity index (χ0) is 25.7. The monoisotopic (exact) mass is 506 g/mol. The van der Waals surface area contributed by atoms with Crippen LogP contribution in [0.1, 0.15) is 41.5 Å². The number of hydrogen-bond donors (Lipinski definition) is 0. The van der Waals surface area contributed by atoms with Crippen LogP contribution in [-0.2, 0) is 30.4 Å². The summed E-state index contributed by atoms with van der Waals surface area (Å²) in [5.41, 5.74) is 3.51. The van der Waals surface area contributed by atoms with E-state index in [-0.39, 0.29) is 30.8 Å². The Morgan fingerprint density at radius 1 is 0.778 bits per heavy atom. The highest BCUT2D eigenvalue weighted by Gasteiger charge is 2.36. The first-order valence-corrected chi connectivity index (χ1v) is 12.0. The first kappa shape index (κ1) is 25.5. The van der Waals surface area contributed by atoms with Gasteiger partial charge in [0.25, 0.3) is 0 Å². The number of hydrogen-bond acceptors (Lipinski definition) is 6. The molecule has 0 N–H and O–H groups in total. The molecule has 0 spiro atoms. The van der Waals surface area contributed by atoms with Crippen LogP contribution in [0, 0.1) is 0 Å². The van der Waals surface area contributed by atoms with Crippen LogP contribution >= 0.6 is 11.6 Å². The van der Waals surface area contributed by atoms with E-state index >= 15 is 0 Å². The van der Waals surface area contributed by atoms with Crippen molar-refractivity contribution in [2.24, 2.45) is 0 Å². The van der Waals surface area contributed by atoms with Crippen molar-refractivity contribution in [2.45, 2.75) is 36.7 Å². The second-order valence-electron chi connectivity index (χ2n) is 8.61. The minimum Gasteiger partial charge on any atom is -0.497 e. The minimum atomic E-state index is -1.23. The van der Waals surface area contributed by atoms with Crippen LogP contribution in [0.15, 0.2) is 72.8 Å². The number of rotatable bonds is 9. The molecule has 0 radical (unpaired) electrons. The van der Waals surface area contributed by atoms with Crippen molar-refractivity contribution in [3.05, 3.63) is 95.1 Å². The number of methoxy groups -OCH3 is 2. The lowest BCUT2D eigenvalue weighted by molar-refractivity contribution is -0.157. The van der Waals surface area contributed by atoms with E-state index in [2.05, 4.69) is 0 Å². The van der Waals surface area contributed by atoms with Crippen molar-refractivity contribution in [1.29, 1.82) is 0 Å². The van der Waals surface area contributed by atoms with Crippen molar-refractivity contribution in [1.82, 2.24) is 0 Å². The van der Waals surface area contributed by atoms with Gasteiger partial charge >= 0.3 is 5.97 Å². The van der Waals surface area contributed by atoms with Gasteiger partial charge in [0.1, 0.15) is 16.4 Å². The van der Waals surface area contributed by atoms with Gasteiger partial charge in [0, 0.05) is 19.3 Å². The lowest BCUT2D eigenvalue weighted by Gasteiger charge is -2.29. The smallest absolute Gasteiger partial charge is 0.307 e. The highest BCUT2D eigenvalue weighted by atomic mass is 35.5. The summed E-state index contributed by atoms with van der Waals surface area (Å²) >= 11 is 7.39. The summed E-state index contributed by atoms with van der Waals surface area (Å²) in [4.78, 5) is 34.6. The normalized spacial score (nSPS) is 14.1. The predicted molar refractivity (Wildman–Crippen MR) is 136 cm³/mol. The van der Waals surface area contributed by atoms with Crippen molar-refractivity contribution >= 4 is 29.1 Å². The zero-order valence-corrected chi connectivity index (χ0v) is 20.9. The summed E-state index contributed by atoms with van der Waals surface area (Å²) in [6, 6.07) is 22.9. The van der Waals surface area contributed by atoms with Gasteiger partial charge in [0.05, 0.1) is 14.2 Å². The molecular formula is C29H27ClO6. The van der Waals surface area contributed by atoms with Crippen LogP contribution in [0.2, 0.25) is 0 Å². The van der Waals surface area contributed by atoms with Gasteiger partial charge in [-0.1, -0.05) is 48.5 Å². The Bertz CT molecular complexity index is 1170. The molecule has 0 bridgehead atoms. The highest BCUT2D eigenvalue weighted by Crippen LogP contribution is 2.44. The highest BCUT2D eigenvalue weighted by molar-refractivity contribution is 6.28. The maximum atomic E-state index is 12.2. The summed E-state index contributed by atoms with van der Waals surface area (Å²) in [5, 5.41) is 0. The number of carbonyl (C=O) groups is 3. The first-order chi connectivity index (χ1) is 17.3.